The van der Waals surface area contributed by atoms with Gasteiger partial charge in [0.05, 0.1) is 0 Å². The normalized spacial score (nSPS) is 10.5. The highest BCUT2D eigenvalue weighted by Crippen LogP contribution is 2.27. The Hall–Kier alpha value is -0.470. The molecule has 0 aliphatic rings. The third kappa shape index (κ3) is 1.25. The van der Waals surface area contributed by atoms with Crippen molar-refractivity contribution in [3.05, 3.63) is 40.9 Å². The largest absolute Gasteiger partial charge is 0.143 e. The van der Waals surface area contributed by atoms with Crippen molar-refractivity contribution in [3.8, 4) is 0 Å². The molecule has 0 nitrogen and oxygen atoms in total. The van der Waals surface area contributed by atoms with Crippen LogP contribution in [0.2, 0.25) is 0 Å². The van der Waals surface area contributed by atoms with Crippen molar-refractivity contribution >= 4 is 39.3 Å². The zero-order valence-corrected chi connectivity index (χ0v) is 8.77. The highest BCUT2D eigenvalue weighted by molar-refractivity contribution is 9.10. The van der Waals surface area contributed by atoms with E-state index in [9.17, 15) is 0 Å². The summed E-state index contributed by atoms with van der Waals surface area (Å²) in [7, 11) is 0. The summed E-state index contributed by atoms with van der Waals surface area (Å²) in [4.78, 5) is 1.02. The molecule has 0 aliphatic heterocycles. The van der Waals surface area contributed by atoms with Crippen LogP contribution in [0.3, 0.4) is 0 Å². The second kappa shape index (κ2) is 3.11. The van der Waals surface area contributed by atoms with Gasteiger partial charge in [0, 0.05) is 9.37 Å². The summed E-state index contributed by atoms with van der Waals surface area (Å²) in [5.74, 6) is 0. The van der Waals surface area contributed by atoms with Gasteiger partial charge in [0.1, 0.15) is 0 Å². The molecule has 2 heteroatoms. The Morgan fingerprint density at radius 3 is 2.33 bits per heavy atom. The molecule has 0 aromatic heterocycles. The van der Waals surface area contributed by atoms with Crippen molar-refractivity contribution < 1.29 is 0 Å². The molecule has 60 valence electrons. The van der Waals surface area contributed by atoms with Crippen LogP contribution in [0.1, 0.15) is 0 Å². The van der Waals surface area contributed by atoms with Crippen LogP contribution in [0, 0.1) is 0 Å². The van der Waals surface area contributed by atoms with Crippen LogP contribution in [0.15, 0.2) is 45.8 Å². The molecule has 0 amide bonds. The van der Waals surface area contributed by atoms with Gasteiger partial charge >= 0.3 is 0 Å². The Balaban J connectivity index is 2.94. The number of hydrogen-bond donors (Lipinski definition) is 1. The van der Waals surface area contributed by atoms with Gasteiger partial charge in [-0.25, -0.2) is 0 Å². The summed E-state index contributed by atoms with van der Waals surface area (Å²) in [5, 5.41) is 2.40. The van der Waals surface area contributed by atoms with Crippen LogP contribution in [0.4, 0.5) is 0 Å². The molecule has 0 unspecified atom stereocenters. The lowest BCUT2D eigenvalue weighted by atomic mass is 10.1. The Morgan fingerprint density at radius 1 is 0.917 bits per heavy atom. The number of fused-ring (bicyclic) bond motifs is 1. The lowest BCUT2D eigenvalue weighted by molar-refractivity contribution is 1.55. The maximum absolute atomic E-state index is 4.38. The third-order valence-electron chi connectivity index (χ3n) is 1.85. The first-order chi connectivity index (χ1) is 5.79. The third-order valence-corrected chi connectivity index (χ3v) is 2.93. The fourth-order valence-corrected chi connectivity index (χ4v) is 2.03. The van der Waals surface area contributed by atoms with Crippen LogP contribution >= 0.6 is 28.6 Å². The SMILES string of the molecule is Sc1cccc2c(Br)cccc12. The predicted molar refractivity (Wildman–Crippen MR) is 58.9 cm³/mol. The molecule has 0 heterocycles. The fraction of sp³-hybridized carbons (Fsp3) is 0. The number of hydrogen-bond acceptors (Lipinski definition) is 1. The van der Waals surface area contributed by atoms with E-state index in [1.54, 1.807) is 0 Å². The van der Waals surface area contributed by atoms with E-state index in [1.807, 2.05) is 24.3 Å². The molecule has 2 aromatic carbocycles. The molecule has 2 rings (SSSR count). The van der Waals surface area contributed by atoms with Crippen molar-refractivity contribution in [1.29, 1.82) is 0 Å². The van der Waals surface area contributed by atoms with Gasteiger partial charge in [-0.15, -0.1) is 12.6 Å². The topological polar surface area (TPSA) is 0 Å². The molecule has 0 N–H and O–H groups in total. The van der Waals surface area contributed by atoms with Gasteiger partial charge in [0.2, 0.25) is 0 Å². The summed E-state index contributed by atoms with van der Waals surface area (Å²) in [6.45, 7) is 0. The van der Waals surface area contributed by atoms with Gasteiger partial charge in [0.15, 0.2) is 0 Å². The van der Waals surface area contributed by atoms with E-state index in [0.29, 0.717) is 0 Å². The van der Waals surface area contributed by atoms with Gasteiger partial charge in [0.25, 0.3) is 0 Å². The highest BCUT2D eigenvalue weighted by atomic mass is 79.9. The van der Waals surface area contributed by atoms with Crippen LogP contribution in [-0.4, -0.2) is 0 Å². The Kier molecular flexibility index (Phi) is 2.11. The summed E-state index contributed by atoms with van der Waals surface area (Å²) in [6.07, 6.45) is 0. The number of halogens is 1. The zero-order valence-electron chi connectivity index (χ0n) is 6.29. The molecule has 12 heavy (non-hydrogen) atoms. The second-order valence-electron chi connectivity index (χ2n) is 2.61. The Morgan fingerprint density at radius 2 is 1.58 bits per heavy atom. The summed E-state index contributed by atoms with van der Waals surface area (Å²) in [6, 6.07) is 12.2. The van der Waals surface area contributed by atoms with Crippen molar-refractivity contribution in [1.82, 2.24) is 0 Å². The van der Waals surface area contributed by atoms with E-state index in [-0.39, 0.29) is 0 Å². The lowest BCUT2D eigenvalue weighted by Crippen LogP contribution is -1.75. The van der Waals surface area contributed by atoms with E-state index in [4.69, 9.17) is 0 Å². The maximum Gasteiger partial charge on any atom is 0.0254 e. The quantitative estimate of drug-likeness (QED) is 0.662. The van der Waals surface area contributed by atoms with Crippen molar-refractivity contribution in [2.45, 2.75) is 4.90 Å². The van der Waals surface area contributed by atoms with Crippen molar-refractivity contribution in [3.63, 3.8) is 0 Å². The molecule has 0 aliphatic carbocycles. The van der Waals surface area contributed by atoms with E-state index < -0.39 is 0 Å². The average Bonchev–Trinajstić information content (AvgIpc) is 2.07. The molecule has 0 fully saturated rings. The standard InChI is InChI=1S/C10H7BrS/c11-9-5-1-4-8-7(9)3-2-6-10(8)12/h1-6,12H. The molecule has 0 atom stereocenters. The predicted octanol–water partition coefficient (Wildman–Crippen LogP) is 3.89. The molecule has 0 bridgehead atoms. The number of benzene rings is 2. The van der Waals surface area contributed by atoms with Crippen molar-refractivity contribution in [2.75, 3.05) is 0 Å². The molecule has 0 spiro atoms. The monoisotopic (exact) mass is 238 g/mol. The van der Waals surface area contributed by atoms with Crippen LogP contribution in [0.5, 0.6) is 0 Å². The van der Waals surface area contributed by atoms with Gasteiger partial charge in [-0.1, -0.05) is 40.2 Å². The second-order valence-corrected chi connectivity index (χ2v) is 3.95. The van der Waals surface area contributed by atoms with Crippen LogP contribution in [-0.2, 0) is 0 Å². The van der Waals surface area contributed by atoms with Crippen molar-refractivity contribution in [2.24, 2.45) is 0 Å². The first-order valence-corrected chi connectivity index (χ1v) is 4.89. The summed E-state index contributed by atoms with van der Waals surface area (Å²) in [5.41, 5.74) is 0. The summed E-state index contributed by atoms with van der Waals surface area (Å²) >= 11 is 7.87. The maximum atomic E-state index is 4.38. The van der Waals surface area contributed by atoms with Gasteiger partial charge in [-0.3, -0.25) is 0 Å². The van der Waals surface area contributed by atoms with Crippen LogP contribution < -0.4 is 0 Å². The van der Waals surface area contributed by atoms with E-state index in [2.05, 4.69) is 40.7 Å². The minimum absolute atomic E-state index is 1.02. The Bertz CT molecular complexity index is 382. The first kappa shape index (κ1) is 8.14. The van der Waals surface area contributed by atoms with Gasteiger partial charge in [-0.05, 0) is 22.9 Å². The number of thiol groups is 1. The molecule has 2 aromatic rings. The Labute approximate surface area is 85.1 Å². The lowest BCUT2D eigenvalue weighted by Gasteiger charge is -2.01. The minimum Gasteiger partial charge on any atom is -0.143 e. The fourth-order valence-electron chi connectivity index (χ4n) is 1.26. The molecular weight excluding hydrogens is 232 g/mol. The van der Waals surface area contributed by atoms with E-state index in [1.165, 1.54) is 10.8 Å². The molecular formula is C10H7BrS. The average molecular weight is 239 g/mol. The zero-order chi connectivity index (χ0) is 8.55. The molecule has 0 saturated carbocycles. The minimum atomic E-state index is 1.02. The van der Waals surface area contributed by atoms with Gasteiger partial charge < -0.3 is 0 Å². The summed E-state index contributed by atoms with van der Waals surface area (Å²) < 4.78 is 1.12. The van der Waals surface area contributed by atoms with Crippen LogP contribution in [0.25, 0.3) is 10.8 Å². The number of rotatable bonds is 0. The van der Waals surface area contributed by atoms with E-state index >= 15 is 0 Å². The van der Waals surface area contributed by atoms with Gasteiger partial charge in [-0.2, -0.15) is 0 Å². The first-order valence-electron chi connectivity index (χ1n) is 3.65. The molecule has 0 radical (unpaired) electrons. The highest BCUT2D eigenvalue weighted by Gasteiger charge is 1.98. The van der Waals surface area contributed by atoms with E-state index in [0.717, 1.165) is 9.37 Å². The molecule has 0 saturated heterocycles. The smallest absolute Gasteiger partial charge is 0.0254 e.